The Morgan fingerprint density at radius 1 is 1.53 bits per heavy atom. The van der Waals surface area contributed by atoms with Crippen LogP contribution >= 0.6 is 0 Å². The van der Waals surface area contributed by atoms with Crippen LogP contribution in [0.3, 0.4) is 0 Å². The van der Waals surface area contributed by atoms with Crippen molar-refractivity contribution in [3.05, 3.63) is 24.0 Å². The number of pyridine rings is 1. The van der Waals surface area contributed by atoms with Gasteiger partial charge in [-0.2, -0.15) is 0 Å². The summed E-state index contributed by atoms with van der Waals surface area (Å²) in [5.41, 5.74) is 0.613. The fraction of sp³-hybridized carbons (Fsp3) is 0.462. The molecule has 1 N–H and O–H groups in total. The number of carbonyl (C=O) groups is 2. The van der Waals surface area contributed by atoms with Crippen LogP contribution in [0.4, 0.5) is 0 Å². The first kappa shape index (κ1) is 13.3. The van der Waals surface area contributed by atoms with Crippen LogP contribution < -0.4 is 4.74 Å². The van der Waals surface area contributed by atoms with Crippen LogP contribution in [0.1, 0.15) is 18.5 Å². The molecule has 2 heterocycles. The summed E-state index contributed by atoms with van der Waals surface area (Å²) in [5, 5.41) is 9.04. The highest BCUT2D eigenvalue weighted by Gasteiger charge is 2.33. The summed E-state index contributed by atoms with van der Waals surface area (Å²) < 4.78 is 4.99. The highest BCUT2D eigenvalue weighted by molar-refractivity contribution is 5.85. The van der Waals surface area contributed by atoms with Crippen molar-refractivity contribution < 1.29 is 19.4 Å². The lowest BCUT2D eigenvalue weighted by Gasteiger charge is -2.21. The smallest absolute Gasteiger partial charge is 0.326 e. The third kappa shape index (κ3) is 3.01. The number of rotatable bonds is 4. The Kier molecular flexibility index (Phi) is 3.99. The van der Waals surface area contributed by atoms with Gasteiger partial charge in [0.15, 0.2) is 0 Å². The molecule has 0 spiro atoms. The van der Waals surface area contributed by atoms with Crippen LogP contribution in [-0.4, -0.2) is 46.6 Å². The molecule has 0 unspecified atom stereocenters. The van der Waals surface area contributed by atoms with Crippen molar-refractivity contribution in [1.29, 1.82) is 0 Å². The Hall–Kier alpha value is -2.11. The van der Waals surface area contributed by atoms with Gasteiger partial charge in [-0.25, -0.2) is 4.79 Å². The first-order valence-corrected chi connectivity index (χ1v) is 6.13. The van der Waals surface area contributed by atoms with Crippen molar-refractivity contribution in [3.8, 4) is 5.75 Å². The molecule has 2 rings (SSSR count). The summed E-state index contributed by atoms with van der Waals surface area (Å²) in [6, 6.07) is 2.75. The van der Waals surface area contributed by atoms with Gasteiger partial charge in [-0.3, -0.25) is 9.78 Å². The summed E-state index contributed by atoms with van der Waals surface area (Å²) >= 11 is 0. The fourth-order valence-corrected chi connectivity index (χ4v) is 2.21. The second kappa shape index (κ2) is 5.69. The maximum atomic E-state index is 12.1. The van der Waals surface area contributed by atoms with Crippen molar-refractivity contribution in [2.75, 3.05) is 13.7 Å². The van der Waals surface area contributed by atoms with Gasteiger partial charge in [0, 0.05) is 12.2 Å². The number of aromatic nitrogens is 1. The molecule has 1 aromatic rings. The summed E-state index contributed by atoms with van der Waals surface area (Å²) in [7, 11) is 1.55. The third-order valence-electron chi connectivity index (χ3n) is 3.22. The lowest BCUT2D eigenvalue weighted by atomic mass is 10.2. The van der Waals surface area contributed by atoms with Gasteiger partial charge in [-0.05, 0) is 25.0 Å². The molecule has 0 radical (unpaired) electrons. The second-order valence-electron chi connectivity index (χ2n) is 4.45. The van der Waals surface area contributed by atoms with Crippen molar-refractivity contribution in [2.24, 2.45) is 0 Å². The number of hydrogen-bond acceptors (Lipinski definition) is 4. The van der Waals surface area contributed by atoms with Gasteiger partial charge in [-0.15, -0.1) is 0 Å². The van der Waals surface area contributed by atoms with Gasteiger partial charge in [0.2, 0.25) is 5.91 Å². The van der Waals surface area contributed by atoms with E-state index in [2.05, 4.69) is 4.98 Å². The van der Waals surface area contributed by atoms with E-state index in [1.54, 1.807) is 25.4 Å². The standard InChI is InChI=1S/C13H16N2O4/c1-19-10-5-4-9(14-8-10)7-12(16)15-6-2-3-11(15)13(17)18/h4-5,8,11H,2-3,6-7H2,1H3,(H,17,18)/t11-/m0/s1. The zero-order chi connectivity index (χ0) is 13.8. The minimum Gasteiger partial charge on any atom is -0.495 e. The number of aliphatic carboxylic acids is 1. The highest BCUT2D eigenvalue weighted by atomic mass is 16.5. The molecule has 1 saturated heterocycles. The van der Waals surface area contributed by atoms with Gasteiger partial charge >= 0.3 is 5.97 Å². The molecule has 0 aliphatic carbocycles. The molecule has 0 saturated carbocycles. The number of methoxy groups -OCH3 is 1. The number of carbonyl (C=O) groups excluding carboxylic acids is 1. The molecule has 0 aromatic carbocycles. The number of carboxylic acids is 1. The fourth-order valence-electron chi connectivity index (χ4n) is 2.21. The van der Waals surface area contributed by atoms with E-state index in [9.17, 15) is 9.59 Å². The maximum absolute atomic E-state index is 12.1. The number of likely N-dealkylation sites (tertiary alicyclic amines) is 1. The number of carboxylic acid groups (broad SMARTS) is 1. The molecule has 1 amide bonds. The molecule has 102 valence electrons. The Morgan fingerprint density at radius 3 is 2.89 bits per heavy atom. The SMILES string of the molecule is COc1ccc(CC(=O)N2CCC[C@H]2C(=O)O)nc1. The van der Waals surface area contributed by atoms with Gasteiger partial charge in [0.05, 0.1) is 19.7 Å². The van der Waals surface area contributed by atoms with Gasteiger partial charge < -0.3 is 14.7 Å². The van der Waals surface area contributed by atoms with E-state index in [-0.39, 0.29) is 12.3 Å². The molecule has 1 fully saturated rings. The molecular weight excluding hydrogens is 248 g/mol. The van der Waals surface area contributed by atoms with Gasteiger partial charge in [0.25, 0.3) is 0 Å². The van der Waals surface area contributed by atoms with Crippen LogP contribution in [0, 0.1) is 0 Å². The summed E-state index contributed by atoms with van der Waals surface area (Å²) in [6.45, 7) is 0.506. The van der Waals surface area contributed by atoms with Crippen LogP contribution in [-0.2, 0) is 16.0 Å². The zero-order valence-corrected chi connectivity index (χ0v) is 10.7. The van der Waals surface area contributed by atoms with Crippen molar-refractivity contribution in [2.45, 2.75) is 25.3 Å². The number of amides is 1. The van der Waals surface area contributed by atoms with E-state index in [4.69, 9.17) is 9.84 Å². The van der Waals surface area contributed by atoms with Gasteiger partial charge in [0.1, 0.15) is 11.8 Å². The molecule has 1 aromatic heterocycles. The minimum absolute atomic E-state index is 0.119. The number of hydrogen-bond donors (Lipinski definition) is 1. The molecule has 19 heavy (non-hydrogen) atoms. The molecule has 1 aliphatic rings. The lowest BCUT2D eigenvalue weighted by Crippen LogP contribution is -2.41. The molecule has 1 atom stereocenters. The van der Waals surface area contributed by atoms with Crippen LogP contribution in [0.2, 0.25) is 0 Å². The lowest BCUT2D eigenvalue weighted by molar-refractivity contribution is -0.148. The first-order valence-electron chi connectivity index (χ1n) is 6.13. The summed E-state index contributed by atoms with van der Waals surface area (Å²) in [5.74, 6) is -0.503. The monoisotopic (exact) mass is 264 g/mol. The Labute approximate surface area is 111 Å². The third-order valence-corrected chi connectivity index (χ3v) is 3.22. The largest absolute Gasteiger partial charge is 0.495 e. The first-order chi connectivity index (χ1) is 9.11. The van der Waals surface area contributed by atoms with Crippen molar-refractivity contribution in [3.63, 3.8) is 0 Å². The van der Waals surface area contributed by atoms with Crippen molar-refractivity contribution >= 4 is 11.9 Å². The second-order valence-corrected chi connectivity index (χ2v) is 4.45. The highest BCUT2D eigenvalue weighted by Crippen LogP contribution is 2.19. The molecule has 1 aliphatic heterocycles. The van der Waals surface area contributed by atoms with Crippen LogP contribution in [0.15, 0.2) is 18.3 Å². The van der Waals surface area contributed by atoms with E-state index in [0.717, 1.165) is 6.42 Å². The normalized spacial score (nSPS) is 18.4. The zero-order valence-electron chi connectivity index (χ0n) is 10.7. The maximum Gasteiger partial charge on any atom is 0.326 e. The van der Waals surface area contributed by atoms with Gasteiger partial charge in [-0.1, -0.05) is 0 Å². The Bertz CT molecular complexity index is 472. The quantitative estimate of drug-likeness (QED) is 0.866. The molecular formula is C13H16N2O4. The number of nitrogens with zero attached hydrogens (tertiary/aromatic N) is 2. The number of ether oxygens (including phenoxy) is 1. The average molecular weight is 264 g/mol. The Morgan fingerprint density at radius 2 is 2.32 bits per heavy atom. The summed E-state index contributed by atoms with van der Waals surface area (Å²) in [4.78, 5) is 28.6. The molecule has 0 bridgehead atoms. The molecule has 6 heteroatoms. The van der Waals surface area contributed by atoms with E-state index in [1.807, 2.05) is 0 Å². The van der Waals surface area contributed by atoms with E-state index in [1.165, 1.54) is 4.90 Å². The summed E-state index contributed by atoms with van der Waals surface area (Å²) in [6.07, 6.45) is 2.92. The van der Waals surface area contributed by atoms with Crippen molar-refractivity contribution in [1.82, 2.24) is 9.88 Å². The predicted octanol–water partition coefficient (Wildman–Crippen LogP) is 0.708. The van der Waals surface area contributed by atoms with E-state index in [0.29, 0.717) is 24.4 Å². The van der Waals surface area contributed by atoms with E-state index < -0.39 is 12.0 Å². The minimum atomic E-state index is -0.937. The predicted molar refractivity (Wildman–Crippen MR) is 66.9 cm³/mol. The van der Waals surface area contributed by atoms with Crippen LogP contribution in [0.25, 0.3) is 0 Å². The van der Waals surface area contributed by atoms with E-state index >= 15 is 0 Å². The topological polar surface area (TPSA) is 79.7 Å². The average Bonchev–Trinajstić information content (AvgIpc) is 2.89. The van der Waals surface area contributed by atoms with Crippen LogP contribution in [0.5, 0.6) is 5.75 Å². The Balaban J connectivity index is 2.01. The molecule has 6 nitrogen and oxygen atoms in total.